The van der Waals surface area contributed by atoms with Crippen LogP contribution in [0.1, 0.15) is 5.56 Å². The normalized spacial score (nSPS) is 14.4. The molecule has 2 aromatic rings. The number of hydrogen-bond acceptors (Lipinski definition) is 6. The first-order chi connectivity index (χ1) is 13.2. The van der Waals surface area contributed by atoms with Crippen LogP contribution in [-0.2, 0) is 11.3 Å². The zero-order valence-electron chi connectivity index (χ0n) is 15.7. The van der Waals surface area contributed by atoms with Crippen molar-refractivity contribution in [2.75, 3.05) is 44.7 Å². The van der Waals surface area contributed by atoms with Crippen LogP contribution in [-0.4, -0.2) is 61.6 Å². The van der Waals surface area contributed by atoms with Crippen LogP contribution < -0.4 is 20.7 Å². The molecule has 1 fully saturated rings. The van der Waals surface area contributed by atoms with E-state index in [9.17, 15) is 4.79 Å². The molecule has 0 atom stereocenters. The summed E-state index contributed by atoms with van der Waals surface area (Å²) in [6.07, 6.45) is 1.81. The number of nitrogens with zero attached hydrogens (tertiary/aromatic N) is 4. The van der Waals surface area contributed by atoms with Gasteiger partial charge in [0, 0.05) is 44.3 Å². The molecule has 0 spiro atoms. The fraction of sp³-hybridized carbons (Fsp3) is 0.389. The first-order valence-corrected chi connectivity index (χ1v) is 9.62. The average molecular weight is 516 g/mol. The maximum absolute atomic E-state index is 12.0. The summed E-state index contributed by atoms with van der Waals surface area (Å²) in [5.41, 5.74) is 7.05. The number of aromatic nitrogens is 1. The van der Waals surface area contributed by atoms with Gasteiger partial charge >= 0.3 is 0 Å². The number of ether oxygens (including phenoxy) is 1. The van der Waals surface area contributed by atoms with E-state index in [1.165, 1.54) is 0 Å². The highest BCUT2D eigenvalue weighted by Crippen LogP contribution is 2.18. The van der Waals surface area contributed by atoms with Gasteiger partial charge in [-0.25, -0.2) is 9.98 Å². The van der Waals surface area contributed by atoms with E-state index in [2.05, 4.69) is 20.2 Å². The number of methoxy groups -OCH3 is 1. The minimum Gasteiger partial charge on any atom is -0.497 e. The Balaban J connectivity index is 0.00000280. The molecule has 0 saturated carbocycles. The number of halogens is 1. The van der Waals surface area contributed by atoms with Crippen molar-refractivity contribution in [1.82, 2.24) is 15.2 Å². The first kappa shape index (κ1) is 22.2. The zero-order valence-corrected chi connectivity index (χ0v) is 18.9. The van der Waals surface area contributed by atoms with Crippen molar-refractivity contribution < 1.29 is 9.53 Å². The van der Waals surface area contributed by atoms with Crippen LogP contribution in [0.15, 0.2) is 40.8 Å². The average Bonchev–Trinajstić information content (AvgIpc) is 3.26. The molecule has 0 aliphatic carbocycles. The van der Waals surface area contributed by atoms with E-state index in [1.807, 2.05) is 40.7 Å². The van der Waals surface area contributed by atoms with Crippen molar-refractivity contribution in [3.63, 3.8) is 0 Å². The molecule has 0 unspecified atom stereocenters. The quantitative estimate of drug-likeness (QED) is 0.344. The number of nitrogens with one attached hydrogen (secondary N) is 1. The Labute approximate surface area is 185 Å². The van der Waals surface area contributed by atoms with Crippen LogP contribution in [0.2, 0.25) is 0 Å². The van der Waals surface area contributed by atoms with Crippen molar-refractivity contribution in [2.45, 2.75) is 6.54 Å². The van der Waals surface area contributed by atoms with Crippen LogP contribution in [0.4, 0.5) is 5.13 Å². The topological polar surface area (TPSA) is 96.1 Å². The summed E-state index contributed by atoms with van der Waals surface area (Å²) in [7, 11) is 1.62. The Morgan fingerprint density at radius 2 is 2.00 bits per heavy atom. The van der Waals surface area contributed by atoms with E-state index in [0.717, 1.165) is 42.6 Å². The predicted molar refractivity (Wildman–Crippen MR) is 123 cm³/mol. The predicted octanol–water partition coefficient (Wildman–Crippen LogP) is 1.52. The summed E-state index contributed by atoms with van der Waals surface area (Å²) in [4.78, 5) is 24.8. The molecule has 8 nitrogen and oxygen atoms in total. The number of carbonyl (C=O) groups is 1. The lowest BCUT2D eigenvalue weighted by Crippen LogP contribution is -2.51. The Morgan fingerprint density at radius 1 is 1.29 bits per heavy atom. The lowest BCUT2D eigenvalue weighted by molar-refractivity contribution is -0.119. The molecule has 1 aromatic heterocycles. The molecule has 1 amide bonds. The van der Waals surface area contributed by atoms with Gasteiger partial charge in [-0.15, -0.1) is 35.3 Å². The van der Waals surface area contributed by atoms with Crippen molar-refractivity contribution in [3.8, 4) is 5.75 Å². The van der Waals surface area contributed by atoms with Gasteiger partial charge in [0.15, 0.2) is 11.1 Å². The SMILES string of the molecule is COc1ccc(CNC(=O)CN=C(N)N2CCN(c3nccs3)CC2)cc1.I. The smallest absolute Gasteiger partial charge is 0.242 e. The van der Waals surface area contributed by atoms with E-state index >= 15 is 0 Å². The van der Waals surface area contributed by atoms with Crippen molar-refractivity contribution in [1.29, 1.82) is 0 Å². The van der Waals surface area contributed by atoms with Crippen LogP contribution in [0.5, 0.6) is 5.75 Å². The molecular formula is C18H25IN6O2S. The summed E-state index contributed by atoms with van der Waals surface area (Å²) in [5, 5.41) is 5.85. The number of carbonyl (C=O) groups excluding carboxylic acids is 1. The summed E-state index contributed by atoms with van der Waals surface area (Å²) < 4.78 is 5.12. The number of anilines is 1. The summed E-state index contributed by atoms with van der Waals surface area (Å²) in [6.45, 7) is 3.69. The number of guanidine groups is 1. The van der Waals surface area contributed by atoms with E-state index in [1.54, 1.807) is 18.4 Å². The van der Waals surface area contributed by atoms with Crippen LogP contribution in [0.25, 0.3) is 0 Å². The summed E-state index contributed by atoms with van der Waals surface area (Å²) in [5.74, 6) is 1.04. The fourth-order valence-corrected chi connectivity index (χ4v) is 3.45. The first-order valence-electron chi connectivity index (χ1n) is 8.74. The molecule has 2 heterocycles. The molecular weight excluding hydrogens is 491 g/mol. The Bertz CT molecular complexity index is 761. The highest BCUT2D eigenvalue weighted by Gasteiger charge is 2.19. The second-order valence-electron chi connectivity index (χ2n) is 6.09. The number of amides is 1. The second-order valence-corrected chi connectivity index (χ2v) is 6.96. The molecule has 1 aliphatic rings. The van der Waals surface area contributed by atoms with Gasteiger partial charge in [-0.2, -0.15) is 0 Å². The van der Waals surface area contributed by atoms with Crippen LogP contribution >= 0.6 is 35.3 Å². The number of aliphatic imine (C=N–C) groups is 1. The van der Waals surface area contributed by atoms with Gasteiger partial charge in [0.25, 0.3) is 0 Å². The molecule has 10 heteroatoms. The van der Waals surface area contributed by atoms with Crippen LogP contribution in [0, 0.1) is 0 Å². The zero-order chi connectivity index (χ0) is 19.1. The number of rotatable bonds is 6. The maximum atomic E-state index is 12.0. The molecule has 28 heavy (non-hydrogen) atoms. The number of hydrogen-bond donors (Lipinski definition) is 2. The van der Waals surface area contributed by atoms with Gasteiger partial charge in [-0.05, 0) is 17.7 Å². The third kappa shape index (κ3) is 6.23. The van der Waals surface area contributed by atoms with E-state index in [-0.39, 0.29) is 36.4 Å². The highest BCUT2D eigenvalue weighted by atomic mass is 127. The standard InChI is InChI=1S/C18H24N6O2S.HI/c1-26-15-4-2-14(3-5-15)12-21-16(25)13-22-17(19)23-7-9-24(10-8-23)18-20-6-11-27-18;/h2-6,11H,7-10,12-13H2,1H3,(H2,19,22)(H,21,25);1H. The van der Waals surface area contributed by atoms with Gasteiger partial charge in [0.1, 0.15) is 12.3 Å². The molecule has 3 N–H and O–H groups in total. The minimum absolute atomic E-state index is 0. The fourth-order valence-electron chi connectivity index (χ4n) is 2.75. The Morgan fingerprint density at radius 3 is 2.61 bits per heavy atom. The third-order valence-corrected chi connectivity index (χ3v) is 5.16. The van der Waals surface area contributed by atoms with Gasteiger partial charge in [0.05, 0.1) is 7.11 Å². The number of piperazine rings is 1. The van der Waals surface area contributed by atoms with Gasteiger partial charge in [-0.3, -0.25) is 4.79 Å². The van der Waals surface area contributed by atoms with Crippen molar-refractivity contribution in [2.24, 2.45) is 10.7 Å². The van der Waals surface area contributed by atoms with E-state index < -0.39 is 0 Å². The summed E-state index contributed by atoms with van der Waals surface area (Å²) >= 11 is 1.63. The second kappa shape index (κ2) is 11.1. The summed E-state index contributed by atoms with van der Waals surface area (Å²) in [6, 6.07) is 7.56. The lowest BCUT2D eigenvalue weighted by atomic mass is 10.2. The Hall–Kier alpha value is -2.08. The third-order valence-electron chi connectivity index (χ3n) is 4.33. The number of benzene rings is 1. The highest BCUT2D eigenvalue weighted by molar-refractivity contribution is 14.0. The van der Waals surface area contributed by atoms with Gasteiger partial charge < -0.3 is 25.6 Å². The number of thiazole rings is 1. The number of nitrogens with two attached hydrogens (primary N) is 1. The van der Waals surface area contributed by atoms with Crippen LogP contribution in [0.3, 0.4) is 0 Å². The molecule has 3 rings (SSSR count). The molecule has 1 saturated heterocycles. The van der Waals surface area contributed by atoms with Crippen molar-refractivity contribution in [3.05, 3.63) is 41.4 Å². The van der Waals surface area contributed by atoms with Gasteiger partial charge in [0.2, 0.25) is 5.91 Å². The van der Waals surface area contributed by atoms with E-state index in [4.69, 9.17) is 10.5 Å². The molecule has 0 bridgehead atoms. The largest absolute Gasteiger partial charge is 0.497 e. The molecule has 1 aliphatic heterocycles. The molecule has 152 valence electrons. The Kier molecular flexibility index (Phi) is 8.77. The minimum atomic E-state index is -0.157. The monoisotopic (exact) mass is 516 g/mol. The molecule has 0 radical (unpaired) electrons. The maximum Gasteiger partial charge on any atom is 0.242 e. The molecule has 1 aromatic carbocycles. The van der Waals surface area contributed by atoms with Gasteiger partial charge in [-0.1, -0.05) is 12.1 Å². The lowest BCUT2D eigenvalue weighted by Gasteiger charge is -2.35. The van der Waals surface area contributed by atoms with E-state index in [0.29, 0.717) is 12.5 Å². The van der Waals surface area contributed by atoms with Crippen molar-refractivity contribution >= 4 is 52.3 Å².